The second-order valence-corrected chi connectivity index (χ2v) is 9.15. The van der Waals surface area contributed by atoms with Gasteiger partial charge < -0.3 is 4.90 Å². The van der Waals surface area contributed by atoms with Crippen molar-refractivity contribution in [2.75, 3.05) is 26.7 Å². The van der Waals surface area contributed by atoms with Crippen molar-refractivity contribution in [3.05, 3.63) is 34.4 Å². The molecule has 0 aromatic heterocycles. The van der Waals surface area contributed by atoms with Gasteiger partial charge in [0.1, 0.15) is 0 Å². The summed E-state index contributed by atoms with van der Waals surface area (Å²) in [4.78, 5) is 24.2. The molecular formula is C17H27N3O5S. The fourth-order valence-electron chi connectivity index (χ4n) is 2.47. The van der Waals surface area contributed by atoms with Crippen LogP contribution in [-0.2, 0) is 14.8 Å². The fourth-order valence-corrected chi connectivity index (χ4v) is 3.63. The number of nitro benzene ring substituents is 1. The third-order valence-corrected chi connectivity index (χ3v) is 5.42. The molecule has 0 aliphatic heterocycles. The van der Waals surface area contributed by atoms with Gasteiger partial charge in [-0.05, 0) is 17.9 Å². The van der Waals surface area contributed by atoms with Gasteiger partial charge in [0, 0.05) is 32.3 Å². The highest BCUT2D eigenvalue weighted by atomic mass is 32.2. The van der Waals surface area contributed by atoms with Gasteiger partial charge in [0.25, 0.3) is 5.69 Å². The summed E-state index contributed by atoms with van der Waals surface area (Å²) in [5, 5.41) is 10.9. The monoisotopic (exact) mass is 385 g/mol. The molecular weight excluding hydrogens is 358 g/mol. The SMILES string of the molecule is CC(C)CN(CC(C)C)C(=O)CN(C)S(=O)(=O)c1cccc([N+](=O)[O-])c1. The van der Waals surface area contributed by atoms with E-state index in [0.29, 0.717) is 13.1 Å². The van der Waals surface area contributed by atoms with Crippen molar-refractivity contribution in [3.63, 3.8) is 0 Å². The first kappa shape index (κ1) is 22.0. The number of carbonyl (C=O) groups is 1. The van der Waals surface area contributed by atoms with E-state index in [1.807, 2.05) is 27.7 Å². The normalized spacial score (nSPS) is 12.0. The smallest absolute Gasteiger partial charge is 0.270 e. The largest absolute Gasteiger partial charge is 0.341 e. The van der Waals surface area contributed by atoms with Crippen LogP contribution in [0, 0.1) is 22.0 Å². The average molecular weight is 385 g/mol. The first-order chi connectivity index (χ1) is 11.9. The molecule has 0 atom stereocenters. The van der Waals surface area contributed by atoms with E-state index in [9.17, 15) is 23.3 Å². The predicted molar refractivity (Wildman–Crippen MR) is 99.2 cm³/mol. The van der Waals surface area contributed by atoms with Crippen molar-refractivity contribution >= 4 is 21.6 Å². The minimum atomic E-state index is -4.00. The summed E-state index contributed by atoms with van der Waals surface area (Å²) >= 11 is 0. The van der Waals surface area contributed by atoms with Gasteiger partial charge in [-0.25, -0.2) is 8.42 Å². The molecule has 1 rings (SSSR count). The van der Waals surface area contributed by atoms with Crippen LogP contribution in [0.15, 0.2) is 29.2 Å². The van der Waals surface area contributed by atoms with E-state index in [4.69, 9.17) is 0 Å². The molecule has 26 heavy (non-hydrogen) atoms. The van der Waals surface area contributed by atoms with Crippen LogP contribution in [0.5, 0.6) is 0 Å². The van der Waals surface area contributed by atoms with Gasteiger partial charge in [-0.3, -0.25) is 14.9 Å². The molecule has 0 fully saturated rings. The van der Waals surface area contributed by atoms with E-state index in [-0.39, 0.29) is 34.9 Å². The Bertz CT molecular complexity index is 737. The van der Waals surface area contributed by atoms with Crippen molar-refractivity contribution in [1.82, 2.24) is 9.21 Å². The first-order valence-electron chi connectivity index (χ1n) is 8.43. The number of likely N-dealkylation sites (N-methyl/N-ethyl adjacent to an activating group) is 1. The fraction of sp³-hybridized carbons (Fsp3) is 0.588. The van der Waals surface area contributed by atoms with Crippen LogP contribution in [0.3, 0.4) is 0 Å². The molecule has 1 aromatic carbocycles. The summed E-state index contributed by atoms with van der Waals surface area (Å²) < 4.78 is 26.2. The highest BCUT2D eigenvalue weighted by molar-refractivity contribution is 7.89. The second-order valence-electron chi connectivity index (χ2n) is 7.10. The molecule has 0 aliphatic rings. The molecule has 1 aromatic rings. The third kappa shape index (κ3) is 6.06. The van der Waals surface area contributed by atoms with Crippen LogP contribution < -0.4 is 0 Å². The number of non-ortho nitro benzene ring substituents is 1. The molecule has 0 radical (unpaired) electrons. The predicted octanol–water partition coefficient (Wildman–Crippen LogP) is 2.36. The lowest BCUT2D eigenvalue weighted by Gasteiger charge is -2.28. The molecule has 0 N–H and O–H groups in total. The first-order valence-corrected chi connectivity index (χ1v) is 9.87. The van der Waals surface area contributed by atoms with E-state index in [1.54, 1.807) is 4.90 Å². The Hall–Kier alpha value is -2.00. The van der Waals surface area contributed by atoms with Crippen molar-refractivity contribution < 1.29 is 18.1 Å². The van der Waals surface area contributed by atoms with Crippen LogP contribution in [-0.4, -0.2) is 55.1 Å². The quantitative estimate of drug-likeness (QED) is 0.480. The van der Waals surface area contributed by atoms with E-state index in [0.717, 1.165) is 10.4 Å². The van der Waals surface area contributed by atoms with E-state index < -0.39 is 14.9 Å². The number of amides is 1. The number of rotatable bonds is 9. The van der Waals surface area contributed by atoms with Crippen LogP contribution in [0.25, 0.3) is 0 Å². The Morgan fingerprint density at radius 2 is 1.69 bits per heavy atom. The van der Waals surface area contributed by atoms with Gasteiger partial charge in [-0.1, -0.05) is 33.8 Å². The Morgan fingerprint density at radius 1 is 1.15 bits per heavy atom. The maximum absolute atomic E-state index is 12.6. The molecule has 0 spiro atoms. The summed E-state index contributed by atoms with van der Waals surface area (Å²) in [6.07, 6.45) is 0. The van der Waals surface area contributed by atoms with Crippen LogP contribution >= 0.6 is 0 Å². The molecule has 0 heterocycles. The molecule has 0 bridgehead atoms. The minimum absolute atomic E-state index is 0.207. The average Bonchev–Trinajstić information content (AvgIpc) is 2.53. The Balaban J connectivity index is 2.99. The topological polar surface area (TPSA) is 101 Å². The van der Waals surface area contributed by atoms with Crippen LogP contribution in [0.2, 0.25) is 0 Å². The molecule has 9 heteroatoms. The zero-order valence-corrected chi connectivity index (χ0v) is 16.7. The van der Waals surface area contributed by atoms with Gasteiger partial charge >= 0.3 is 0 Å². The summed E-state index contributed by atoms with van der Waals surface area (Å²) in [6.45, 7) is 8.73. The van der Waals surface area contributed by atoms with Gasteiger partial charge in [0.2, 0.25) is 15.9 Å². The summed E-state index contributed by atoms with van der Waals surface area (Å²) in [5.74, 6) is 0.233. The van der Waals surface area contributed by atoms with E-state index in [1.165, 1.54) is 25.2 Å². The standard InChI is InChI=1S/C17H27N3O5S/c1-13(2)10-19(11-14(3)4)17(21)12-18(5)26(24,25)16-8-6-7-15(9-16)20(22)23/h6-9,13-14H,10-12H2,1-5H3. The minimum Gasteiger partial charge on any atom is -0.341 e. The van der Waals surface area contributed by atoms with Crippen molar-refractivity contribution in [1.29, 1.82) is 0 Å². The molecule has 0 saturated heterocycles. The number of nitrogens with zero attached hydrogens (tertiary/aromatic N) is 3. The van der Waals surface area contributed by atoms with Crippen molar-refractivity contribution in [3.8, 4) is 0 Å². The summed E-state index contributed by atoms with van der Waals surface area (Å²) in [6, 6.07) is 4.81. The van der Waals surface area contributed by atoms with Gasteiger partial charge in [0.15, 0.2) is 0 Å². The summed E-state index contributed by atoms with van der Waals surface area (Å²) in [5.41, 5.74) is -0.313. The molecule has 146 valence electrons. The Labute approximate surface area is 155 Å². The maximum atomic E-state index is 12.6. The van der Waals surface area contributed by atoms with Gasteiger partial charge in [-0.2, -0.15) is 4.31 Å². The lowest BCUT2D eigenvalue weighted by atomic mass is 10.1. The number of nitro groups is 1. The number of carbonyl (C=O) groups excluding carboxylic acids is 1. The van der Waals surface area contributed by atoms with Crippen molar-refractivity contribution in [2.45, 2.75) is 32.6 Å². The van der Waals surface area contributed by atoms with Gasteiger partial charge in [-0.15, -0.1) is 0 Å². The lowest BCUT2D eigenvalue weighted by molar-refractivity contribution is -0.385. The molecule has 8 nitrogen and oxygen atoms in total. The zero-order valence-electron chi connectivity index (χ0n) is 15.9. The number of benzene rings is 1. The molecule has 1 amide bonds. The Kier molecular flexibility index (Phi) is 7.70. The number of hydrogen-bond donors (Lipinski definition) is 0. The highest BCUT2D eigenvalue weighted by Crippen LogP contribution is 2.20. The van der Waals surface area contributed by atoms with Crippen LogP contribution in [0.4, 0.5) is 5.69 Å². The van der Waals surface area contributed by atoms with E-state index in [2.05, 4.69) is 0 Å². The third-order valence-electron chi connectivity index (χ3n) is 3.62. The Morgan fingerprint density at radius 3 is 2.15 bits per heavy atom. The molecule has 0 unspecified atom stereocenters. The molecule has 0 saturated carbocycles. The van der Waals surface area contributed by atoms with E-state index >= 15 is 0 Å². The number of sulfonamides is 1. The second kappa shape index (κ2) is 9.09. The van der Waals surface area contributed by atoms with Crippen LogP contribution in [0.1, 0.15) is 27.7 Å². The number of hydrogen-bond acceptors (Lipinski definition) is 5. The summed E-state index contributed by atoms with van der Waals surface area (Å²) in [7, 11) is -2.70. The lowest BCUT2D eigenvalue weighted by Crippen LogP contribution is -2.44. The maximum Gasteiger partial charge on any atom is 0.270 e. The van der Waals surface area contributed by atoms with Crippen molar-refractivity contribution in [2.24, 2.45) is 11.8 Å². The van der Waals surface area contributed by atoms with Gasteiger partial charge in [0.05, 0.1) is 16.4 Å². The molecule has 0 aliphatic carbocycles. The zero-order chi connectivity index (χ0) is 20.1. The highest BCUT2D eigenvalue weighted by Gasteiger charge is 2.27.